The topological polar surface area (TPSA) is 29.5 Å². The Morgan fingerprint density at radius 3 is 2.35 bits per heavy atom. The second-order valence-electron chi connectivity index (χ2n) is 4.42. The molecule has 17 heavy (non-hydrogen) atoms. The first kappa shape index (κ1) is 13.8. The molecule has 2 heteroatoms. The lowest BCUT2D eigenvalue weighted by molar-refractivity contribution is 0.0894. The molecule has 0 radical (unpaired) electrons. The molecule has 2 atom stereocenters. The van der Waals surface area contributed by atoms with E-state index in [0.717, 1.165) is 5.56 Å². The van der Waals surface area contributed by atoms with Gasteiger partial charge in [0.2, 0.25) is 0 Å². The lowest BCUT2D eigenvalue weighted by atomic mass is 10.1. The Kier molecular flexibility index (Phi) is 5.76. The van der Waals surface area contributed by atoms with Crippen LogP contribution in [0.2, 0.25) is 0 Å². The summed E-state index contributed by atoms with van der Waals surface area (Å²) in [5, 5.41) is 9.53. The molecule has 0 aliphatic rings. The normalized spacial score (nSPS) is 13.9. The number of benzene rings is 1. The summed E-state index contributed by atoms with van der Waals surface area (Å²) in [6, 6.07) is 9.98. The number of aliphatic hydroxyl groups is 1. The molecule has 0 aromatic heterocycles. The van der Waals surface area contributed by atoms with Gasteiger partial charge in [-0.2, -0.15) is 0 Å². The van der Waals surface area contributed by atoms with Crippen molar-refractivity contribution in [2.45, 2.75) is 39.6 Å². The number of hydrogen-bond donors (Lipinski definition) is 1. The van der Waals surface area contributed by atoms with Gasteiger partial charge in [0.25, 0.3) is 0 Å². The van der Waals surface area contributed by atoms with Gasteiger partial charge in [-0.1, -0.05) is 56.0 Å². The van der Waals surface area contributed by atoms with Gasteiger partial charge in [-0.25, -0.2) is 0 Å². The van der Waals surface area contributed by atoms with E-state index in [1.807, 2.05) is 51.1 Å². The van der Waals surface area contributed by atoms with Crippen molar-refractivity contribution in [2.75, 3.05) is 0 Å². The molecule has 0 saturated carbocycles. The number of ether oxygens (including phenoxy) is 1. The van der Waals surface area contributed by atoms with Gasteiger partial charge in [-0.05, 0) is 18.4 Å². The molecule has 0 fully saturated rings. The van der Waals surface area contributed by atoms with Crippen LogP contribution in [0.1, 0.15) is 26.3 Å². The third-order valence-electron chi connectivity index (χ3n) is 2.41. The maximum Gasteiger partial charge on any atom is 0.117 e. The fourth-order valence-electron chi connectivity index (χ4n) is 1.21. The van der Waals surface area contributed by atoms with Crippen molar-refractivity contribution >= 4 is 0 Å². The molecule has 1 aromatic carbocycles. The molecule has 0 heterocycles. The summed E-state index contributed by atoms with van der Waals surface area (Å²) in [7, 11) is 0. The van der Waals surface area contributed by atoms with Crippen LogP contribution >= 0.6 is 0 Å². The van der Waals surface area contributed by atoms with Crippen LogP contribution in [-0.2, 0) is 11.3 Å². The van der Waals surface area contributed by atoms with Crippen molar-refractivity contribution in [3.63, 3.8) is 0 Å². The lowest BCUT2D eigenvalue weighted by Crippen LogP contribution is -2.13. The summed E-state index contributed by atoms with van der Waals surface area (Å²) in [5.41, 5.74) is 1.13. The molecule has 2 unspecified atom stereocenters. The zero-order chi connectivity index (χ0) is 12.7. The van der Waals surface area contributed by atoms with E-state index in [-0.39, 0.29) is 12.0 Å². The average molecular weight is 232 g/mol. The summed E-state index contributed by atoms with van der Waals surface area (Å²) >= 11 is 0. The first-order chi connectivity index (χ1) is 8.09. The fraction of sp³-hybridized carbons (Fsp3) is 0.467. The highest BCUT2D eigenvalue weighted by atomic mass is 16.5. The monoisotopic (exact) mass is 232 g/mol. The van der Waals surface area contributed by atoms with E-state index in [1.54, 1.807) is 0 Å². The summed E-state index contributed by atoms with van der Waals surface area (Å²) < 4.78 is 5.57. The Morgan fingerprint density at radius 1 is 1.12 bits per heavy atom. The minimum Gasteiger partial charge on any atom is -0.380 e. The molecule has 0 aliphatic carbocycles. The predicted molar refractivity (Wildman–Crippen MR) is 69.3 cm³/mol. The van der Waals surface area contributed by atoms with E-state index in [2.05, 4.69) is 11.8 Å². The average Bonchev–Trinajstić information content (AvgIpc) is 2.34. The van der Waals surface area contributed by atoms with Crippen LogP contribution in [0.15, 0.2) is 30.3 Å². The van der Waals surface area contributed by atoms with Gasteiger partial charge < -0.3 is 9.84 Å². The molecule has 0 amide bonds. The zero-order valence-corrected chi connectivity index (χ0v) is 10.7. The fourth-order valence-corrected chi connectivity index (χ4v) is 1.21. The van der Waals surface area contributed by atoms with Crippen molar-refractivity contribution in [3.8, 4) is 11.8 Å². The van der Waals surface area contributed by atoms with Crippen molar-refractivity contribution < 1.29 is 9.84 Å². The zero-order valence-electron chi connectivity index (χ0n) is 10.7. The molecular formula is C15H20O2. The van der Waals surface area contributed by atoms with Crippen molar-refractivity contribution in [2.24, 2.45) is 5.92 Å². The molecule has 0 spiro atoms. The van der Waals surface area contributed by atoms with Crippen LogP contribution < -0.4 is 0 Å². The predicted octanol–water partition coefficient (Wildman–Crippen LogP) is 2.61. The molecule has 92 valence electrons. The highest BCUT2D eigenvalue weighted by Gasteiger charge is 2.04. The molecule has 1 rings (SSSR count). The number of aliphatic hydroxyl groups excluding tert-OH is 1. The van der Waals surface area contributed by atoms with Gasteiger partial charge in [-0.3, -0.25) is 0 Å². The Balaban J connectivity index is 2.38. The minimum atomic E-state index is -0.572. The number of rotatable bonds is 4. The van der Waals surface area contributed by atoms with E-state index in [4.69, 9.17) is 4.74 Å². The van der Waals surface area contributed by atoms with Gasteiger partial charge in [0.15, 0.2) is 0 Å². The molecule has 1 N–H and O–H groups in total. The Labute approximate surface area is 104 Å². The standard InChI is InChI=1S/C15H20O2/c1-12(2)15(16)10-9-13(3)17-11-14-7-5-4-6-8-14/h4-8,12-13,15-16H,11H2,1-3H3. The Hall–Kier alpha value is -1.30. The van der Waals surface area contributed by atoms with E-state index >= 15 is 0 Å². The smallest absolute Gasteiger partial charge is 0.117 e. The Morgan fingerprint density at radius 2 is 1.76 bits per heavy atom. The SMILES string of the molecule is CC(C#CC(O)C(C)C)OCc1ccccc1. The van der Waals surface area contributed by atoms with Gasteiger partial charge in [0, 0.05) is 0 Å². The summed E-state index contributed by atoms with van der Waals surface area (Å²) in [5.74, 6) is 5.87. The molecule has 0 bridgehead atoms. The van der Waals surface area contributed by atoms with Gasteiger partial charge in [-0.15, -0.1) is 0 Å². The van der Waals surface area contributed by atoms with Crippen LogP contribution in [0, 0.1) is 17.8 Å². The van der Waals surface area contributed by atoms with Gasteiger partial charge >= 0.3 is 0 Å². The third-order valence-corrected chi connectivity index (χ3v) is 2.41. The maximum atomic E-state index is 9.53. The lowest BCUT2D eigenvalue weighted by Gasteiger charge is -2.09. The summed E-state index contributed by atoms with van der Waals surface area (Å²) in [4.78, 5) is 0. The Bertz CT molecular complexity index is 373. The van der Waals surface area contributed by atoms with Gasteiger partial charge in [0.1, 0.15) is 12.2 Å². The van der Waals surface area contributed by atoms with E-state index in [0.29, 0.717) is 6.61 Å². The molecule has 1 aromatic rings. The largest absolute Gasteiger partial charge is 0.380 e. The first-order valence-corrected chi connectivity index (χ1v) is 5.94. The van der Waals surface area contributed by atoms with Crippen LogP contribution in [0.25, 0.3) is 0 Å². The number of hydrogen-bond acceptors (Lipinski definition) is 2. The van der Waals surface area contributed by atoms with E-state index < -0.39 is 6.10 Å². The minimum absolute atomic E-state index is 0.156. The summed E-state index contributed by atoms with van der Waals surface area (Å²) in [6.45, 7) is 6.32. The highest BCUT2D eigenvalue weighted by molar-refractivity contribution is 5.14. The van der Waals surface area contributed by atoms with Crippen molar-refractivity contribution in [1.29, 1.82) is 0 Å². The van der Waals surface area contributed by atoms with Crippen LogP contribution in [0.3, 0.4) is 0 Å². The second kappa shape index (κ2) is 7.11. The quantitative estimate of drug-likeness (QED) is 0.809. The van der Waals surface area contributed by atoms with Crippen LogP contribution in [0.4, 0.5) is 0 Å². The van der Waals surface area contributed by atoms with Crippen LogP contribution in [-0.4, -0.2) is 17.3 Å². The third kappa shape index (κ3) is 5.53. The first-order valence-electron chi connectivity index (χ1n) is 5.94. The molecule has 0 aliphatic heterocycles. The molecular weight excluding hydrogens is 212 g/mol. The summed E-state index contributed by atoms with van der Waals surface area (Å²) in [6.07, 6.45) is -0.735. The van der Waals surface area contributed by atoms with E-state index in [1.165, 1.54) is 0 Å². The second-order valence-corrected chi connectivity index (χ2v) is 4.42. The maximum absolute atomic E-state index is 9.53. The van der Waals surface area contributed by atoms with Crippen molar-refractivity contribution in [3.05, 3.63) is 35.9 Å². The molecule has 2 nitrogen and oxygen atoms in total. The van der Waals surface area contributed by atoms with Crippen LogP contribution in [0.5, 0.6) is 0 Å². The highest BCUT2D eigenvalue weighted by Crippen LogP contribution is 2.03. The van der Waals surface area contributed by atoms with Gasteiger partial charge in [0.05, 0.1) is 6.61 Å². The molecule has 0 saturated heterocycles. The van der Waals surface area contributed by atoms with Crippen molar-refractivity contribution in [1.82, 2.24) is 0 Å². The van der Waals surface area contributed by atoms with E-state index in [9.17, 15) is 5.11 Å².